The molecule has 9 nitrogen and oxygen atoms in total. The third-order valence-corrected chi connectivity index (χ3v) is 5.88. The van der Waals surface area contributed by atoms with Gasteiger partial charge in [0.25, 0.3) is 5.91 Å². The molecule has 0 spiro atoms. The number of aromatic nitrogens is 2. The van der Waals surface area contributed by atoms with Crippen LogP contribution in [0.5, 0.6) is 11.5 Å². The molecule has 0 unspecified atom stereocenters. The topological polar surface area (TPSA) is 94.9 Å². The minimum Gasteiger partial charge on any atom is -0.493 e. The van der Waals surface area contributed by atoms with Crippen molar-refractivity contribution >= 4 is 17.8 Å². The van der Waals surface area contributed by atoms with Crippen LogP contribution in [0.4, 0.5) is 5.95 Å². The number of imidazole rings is 1. The normalized spacial score (nSPS) is 10.6. The number of rotatable bonds is 11. The van der Waals surface area contributed by atoms with E-state index in [-0.39, 0.29) is 19.0 Å². The molecular formula is C29H30N4O5. The van der Waals surface area contributed by atoms with E-state index in [0.717, 1.165) is 5.56 Å². The van der Waals surface area contributed by atoms with Crippen molar-refractivity contribution in [1.29, 1.82) is 0 Å². The Morgan fingerprint density at radius 2 is 1.58 bits per heavy atom. The lowest BCUT2D eigenvalue weighted by molar-refractivity contribution is -0.117. The van der Waals surface area contributed by atoms with Crippen molar-refractivity contribution in [2.24, 2.45) is 0 Å². The van der Waals surface area contributed by atoms with Gasteiger partial charge in [-0.25, -0.2) is 4.98 Å². The molecule has 0 fully saturated rings. The lowest BCUT2D eigenvalue weighted by atomic mass is 10.2. The van der Waals surface area contributed by atoms with Gasteiger partial charge in [0.1, 0.15) is 6.54 Å². The van der Waals surface area contributed by atoms with Crippen molar-refractivity contribution in [2.75, 3.05) is 46.3 Å². The Bertz CT molecular complexity index is 1370. The SMILES string of the molecule is COCCN(CC(=O)Nc1nc(-c2ccccc2)cn1-c1ccc(OC)c(OC)c1)C(=O)c1ccccc1. The molecule has 0 aliphatic carbocycles. The first-order valence-electron chi connectivity index (χ1n) is 12.0. The molecule has 0 atom stereocenters. The van der Waals surface area contributed by atoms with Crippen LogP contribution < -0.4 is 14.8 Å². The second-order valence-electron chi connectivity index (χ2n) is 8.36. The van der Waals surface area contributed by atoms with Gasteiger partial charge < -0.3 is 19.1 Å². The predicted octanol–water partition coefficient (Wildman–Crippen LogP) is 4.28. The molecule has 196 valence electrons. The van der Waals surface area contributed by atoms with Crippen molar-refractivity contribution in [3.8, 4) is 28.4 Å². The Balaban J connectivity index is 1.64. The predicted molar refractivity (Wildman–Crippen MR) is 145 cm³/mol. The zero-order chi connectivity index (χ0) is 26.9. The summed E-state index contributed by atoms with van der Waals surface area (Å²) < 4.78 is 17.8. The Labute approximate surface area is 221 Å². The van der Waals surface area contributed by atoms with Crippen molar-refractivity contribution in [2.45, 2.75) is 0 Å². The largest absolute Gasteiger partial charge is 0.493 e. The molecule has 0 bridgehead atoms. The Kier molecular flexibility index (Phi) is 8.73. The van der Waals surface area contributed by atoms with Gasteiger partial charge in [-0.3, -0.25) is 19.5 Å². The molecule has 4 aromatic rings. The zero-order valence-corrected chi connectivity index (χ0v) is 21.6. The van der Waals surface area contributed by atoms with E-state index in [4.69, 9.17) is 19.2 Å². The second kappa shape index (κ2) is 12.6. The van der Waals surface area contributed by atoms with Crippen molar-refractivity contribution in [3.63, 3.8) is 0 Å². The third kappa shape index (κ3) is 6.19. The number of carbonyl (C=O) groups excluding carboxylic acids is 2. The van der Waals surface area contributed by atoms with Crippen molar-refractivity contribution < 1.29 is 23.8 Å². The summed E-state index contributed by atoms with van der Waals surface area (Å²) >= 11 is 0. The maximum atomic E-state index is 13.2. The fourth-order valence-electron chi connectivity index (χ4n) is 3.94. The first-order valence-corrected chi connectivity index (χ1v) is 12.0. The average molecular weight is 515 g/mol. The van der Waals surface area contributed by atoms with E-state index in [9.17, 15) is 9.59 Å². The quantitative estimate of drug-likeness (QED) is 0.321. The summed E-state index contributed by atoms with van der Waals surface area (Å²) in [4.78, 5) is 32.5. The highest BCUT2D eigenvalue weighted by molar-refractivity contribution is 5.99. The van der Waals surface area contributed by atoms with Gasteiger partial charge in [0.05, 0.1) is 32.2 Å². The molecule has 3 aromatic carbocycles. The number of carbonyl (C=O) groups is 2. The van der Waals surface area contributed by atoms with Crippen molar-refractivity contribution in [1.82, 2.24) is 14.5 Å². The van der Waals surface area contributed by atoms with Crippen LogP contribution in [0, 0.1) is 0 Å². The van der Waals surface area contributed by atoms with E-state index in [1.54, 1.807) is 62.3 Å². The highest BCUT2D eigenvalue weighted by Gasteiger charge is 2.21. The molecule has 1 heterocycles. The number of nitrogens with zero attached hydrogens (tertiary/aromatic N) is 3. The fourth-order valence-corrected chi connectivity index (χ4v) is 3.94. The lowest BCUT2D eigenvalue weighted by Crippen LogP contribution is -2.40. The highest BCUT2D eigenvalue weighted by atomic mass is 16.5. The molecule has 9 heteroatoms. The lowest BCUT2D eigenvalue weighted by Gasteiger charge is -2.22. The first-order chi connectivity index (χ1) is 18.5. The summed E-state index contributed by atoms with van der Waals surface area (Å²) in [6, 6.07) is 23.9. The van der Waals surface area contributed by atoms with Gasteiger partial charge >= 0.3 is 0 Å². The van der Waals surface area contributed by atoms with Crippen molar-refractivity contribution in [3.05, 3.63) is 90.6 Å². The molecule has 0 aliphatic rings. The minimum absolute atomic E-state index is 0.170. The Hall–Kier alpha value is -4.63. The smallest absolute Gasteiger partial charge is 0.254 e. The first kappa shape index (κ1) is 26.4. The third-order valence-electron chi connectivity index (χ3n) is 5.88. The van der Waals surface area contributed by atoms with E-state index < -0.39 is 5.91 Å². The van der Waals surface area contributed by atoms with Crippen LogP contribution in [0.3, 0.4) is 0 Å². The van der Waals surface area contributed by atoms with Crippen LogP contribution >= 0.6 is 0 Å². The maximum Gasteiger partial charge on any atom is 0.254 e. The summed E-state index contributed by atoms with van der Waals surface area (Å²) in [6.07, 6.45) is 1.84. The average Bonchev–Trinajstić information content (AvgIpc) is 3.38. The summed E-state index contributed by atoms with van der Waals surface area (Å²) in [5.74, 6) is 0.776. The Morgan fingerprint density at radius 3 is 2.24 bits per heavy atom. The van der Waals surface area contributed by atoms with E-state index in [2.05, 4.69) is 5.32 Å². The van der Waals surface area contributed by atoms with Gasteiger partial charge in [0.15, 0.2) is 11.5 Å². The van der Waals surface area contributed by atoms with Crippen LogP contribution in [0.1, 0.15) is 10.4 Å². The fraction of sp³-hybridized carbons (Fsp3) is 0.207. The van der Waals surface area contributed by atoms with Crippen LogP contribution in [-0.2, 0) is 9.53 Å². The van der Waals surface area contributed by atoms with Crippen LogP contribution in [0.15, 0.2) is 85.1 Å². The summed E-state index contributed by atoms with van der Waals surface area (Å²) in [5, 5.41) is 2.88. The van der Waals surface area contributed by atoms with E-state index in [1.807, 2.05) is 48.7 Å². The molecule has 0 saturated carbocycles. The Morgan fingerprint density at radius 1 is 0.895 bits per heavy atom. The van der Waals surface area contributed by atoms with Gasteiger partial charge in [0, 0.05) is 37.0 Å². The van der Waals surface area contributed by atoms with Gasteiger partial charge in [-0.15, -0.1) is 0 Å². The monoisotopic (exact) mass is 514 g/mol. The number of benzene rings is 3. The van der Waals surface area contributed by atoms with E-state index in [1.165, 1.54) is 4.90 Å². The number of hydrogen-bond acceptors (Lipinski definition) is 6. The second-order valence-corrected chi connectivity index (χ2v) is 8.36. The maximum absolute atomic E-state index is 13.2. The molecule has 0 saturated heterocycles. The molecule has 1 aromatic heterocycles. The van der Waals surface area contributed by atoms with Crippen LogP contribution in [0.25, 0.3) is 16.9 Å². The van der Waals surface area contributed by atoms with E-state index >= 15 is 0 Å². The van der Waals surface area contributed by atoms with Gasteiger partial charge in [0.2, 0.25) is 11.9 Å². The van der Waals surface area contributed by atoms with Gasteiger partial charge in [-0.1, -0.05) is 48.5 Å². The molecule has 4 rings (SSSR count). The molecule has 38 heavy (non-hydrogen) atoms. The molecule has 0 radical (unpaired) electrons. The van der Waals surface area contributed by atoms with E-state index in [0.29, 0.717) is 41.0 Å². The zero-order valence-electron chi connectivity index (χ0n) is 21.6. The van der Waals surface area contributed by atoms with Crippen LogP contribution in [-0.4, -0.2) is 67.3 Å². The number of ether oxygens (including phenoxy) is 3. The summed E-state index contributed by atoms with van der Waals surface area (Å²) in [7, 11) is 4.68. The van der Waals surface area contributed by atoms with Gasteiger partial charge in [-0.05, 0) is 24.3 Å². The molecule has 2 amide bonds. The molecule has 1 N–H and O–H groups in total. The number of methoxy groups -OCH3 is 3. The number of nitrogens with one attached hydrogen (secondary N) is 1. The summed E-state index contributed by atoms with van der Waals surface area (Å²) in [5.41, 5.74) is 2.77. The number of anilines is 1. The highest BCUT2D eigenvalue weighted by Crippen LogP contribution is 2.31. The van der Waals surface area contributed by atoms with Crippen LogP contribution in [0.2, 0.25) is 0 Å². The molecule has 0 aliphatic heterocycles. The minimum atomic E-state index is -0.391. The molecular weight excluding hydrogens is 484 g/mol. The summed E-state index contributed by atoms with van der Waals surface area (Å²) in [6.45, 7) is 0.387. The van der Waals surface area contributed by atoms with Gasteiger partial charge in [-0.2, -0.15) is 0 Å². The number of hydrogen-bond donors (Lipinski definition) is 1. The number of amides is 2. The standard InChI is InChI=1S/C29H30N4O5/c1-36-17-16-32(28(35)22-12-8-5-9-13-22)20-27(34)31-29-30-24(21-10-6-4-7-11-21)19-33(29)23-14-15-25(37-2)26(18-23)38-3/h4-15,18-19H,16-17,20H2,1-3H3,(H,30,31,34).